The zero-order chi connectivity index (χ0) is 15.9. The summed E-state index contributed by atoms with van der Waals surface area (Å²) < 4.78 is 5.00. The molecule has 0 fully saturated rings. The number of carbonyl (C=O) groups is 2. The summed E-state index contributed by atoms with van der Waals surface area (Å²) >= 11 is 0. The number of ketones is 1. The Morgan fingerprint density at radius 2 is 1.55 bits per heavy atom. The van der Waals surface area contributed by atoms with Crippen LogP contribution in [-0.4, -0.2) is 23.5 Å². The number of hydrogen-bond acceptors (Lipinski definition) is 4. The summed E-state index contributed by atoms with van der Waals surface area (Å²) in [5, 5.41) is 10.2. The quantitative estimate of drug-likeness (QED) is 0.833. The van der Waals surface area contributed by atoms with E-state index < -0.39 is 18.0 Å². The molecule has 2 aromatic rings. The predicted molar refractivity (Wildman–Crippen MR) is 82.3 cm³/mol. The Morgan fingerprint density at radius 1 is 1.00 bits per heavy atom. The molecule has 0 aromatic heterocycles. The van der Waals surface area contributed by atoms with Gasteiger partial charge in [0.1, 0.15) is 0 Å². The summed E-state index contributed by atoms with van der Waals surface area (Å²) in [7, 11) is 0. The maximum atomic E-state index is 12.1. The number of benzene rings is 2. The molecule has 0 aliphatic rings. The first-order valence-corrected chi connectivity index (χ1v) is 7.07. The average Bonchev–Trinajstić information content (AvgIpc) is 2.59. The van der Waals surface area contributed by atoms with E-state index in [0.717, 1.165) is 0 Å². The number of rotatable bonds is 6. The molecule has 0 saturated heterocycles. The van der Waals surface area contributed by atoms with Crippen LogP contribution in [0, 0.1) is 5.92 Å². The molecule has 4 heteroatoms. The number of hydrogen-bond donors (Lipinski definition) is 1. The molecule has 114 valence electrons. The van der Waals surface area contributed by atoms with Crippen molar-refractivity contribution in [3.05, 3.63) is 71.8 Å². The molecular weight excluding hydrogens is 280 g/mol. The van der Waals surface area contributed by atoms with Gasteiger partial charge in [-0.2, -0.15) is 0 Å². The third-order valence-electron chi connectivity index (χ3n) is 3.48. The van der Waals surface area contributed by atoms with Crippen LogP contribution in [-0.2, 0) is 9.53 Å². The lowest BCUT2D eigenvalue weighted by Gasteiger charge is -2.18. The second-order valence-corrected chi connectivity index (χ2v) is 5.05. The molecule has 22 heavy (non-hydrogen) atoms. The molecule has 0 saturated carbocycles. The Kier molecular flexibility index (Phi) is 5.44. The fourth-order valence-corrected chi connectivity index (χ4v) is 2.04. The van der Waals surface area contributed by atoms with Crippen LogP contribution in [0.2, 0.25) is 0 Å². The molecule has 4 nitrogen and oxygen atoms in total. The highest BCUT2D eigenvalue weighted by Gasteiger charge is 2.24. The standard InChI is InChI=1S/C18H18O4/c1-13(17(20)14-8-4-2-5-9-14)16(19)12-22-18(21)15-10-6-3-7-11-15/h2-11,13,17,20H,12H2,1H3/t13-,17+/m0/s1. The molecule has 2 rings (SSSR count). The topological polar surface area (TPSA) is 63.6 Å². The lowest BCUT2D eigenvalue weighted by Crippen LogP contribution is -2.25. The molecule has 0 heterocycles. The van der Waals surface area contributed by atoms with Crippen LogP contribution in [0.15, 0.2) is 60.7 Å². The Balaban J connectivity index is 1.90. The van der Waals surface area contributed by atoms with E-state index in [1.165, 1.54) is 0 Å². The van der Waals surface area contributed by atoms with Crippen LogP contribution in [0.5, 0.6) is 0 Å². The first kappa shape index (κ1) is 15.9. The summed E-state index contributed by atoms with van der Waals surface area (Å²) in [6.45, 7) is 1.27. The minimum Gasteiger partial charge on any atom is -0.454 e. The number of esters is 1. The van der Waals surface area contributed by atoms with Crippen molar-refractivity contribution in [1.29, 1.82) is 0 Å². The van der Waals surface area contributed by atoms with Crippen molar-refractivity contribution in [3.63, 3.8) is 0 Å². The van der Waals surface area contributed by atoms with Gasteiger partial charge >= 0.3 is 5.97 Å². The maximum absolute atomic E-state index is 12.1. The first-order chi connectivity index (χ1) is 10.6. The maximum Gasteiger partial charge on any atom is 0.338 e. The summed E-state index contributed by atoms with van der Waals surface area (Å²) in [5.41, 5.74) is 1.06. The van der Waals surface area contributed by atoms with E-state index in [1.807, 2.05) is 6.07 Å². The van der Waals surface area contributed by atoms with E-state index in [2.05, 4.69) is 0 Å². The smallest absolute Gasteiger partial charge is 0.338 e. The van der Waals surface area contributed by atoms with E-state index >= 15 is 0 Å². The van der Waals surface area contributed by atoms with Crippen LogP contribution < -0.4 is 0 Å². The first-order valence-electron chi connectivity index (χ1n) is 7.07. The van der Waals surface area contributed by atoms with Crippen molar-refractivity contribution >= 4 is 11.8 Å². The molecule has 0 aliphatic carbocycles. The van der Waals surface area contributed by atoms with Gasteiger partial charge in [-0.3, -0.25) is 4.79 Å². The Morgan fingerprint density at radius 3 is 2.14 bits per heavy atom. The van der Waals surface area contributed by atoms with Gasteiger partial charge in [0.15, 0.2) is 12.4 Å². The van der Waals surface area contributed by atoms with Crippen molar-refractivity contribution < 1.29 is 19.4 Å². The number of aliphatic hydroxyl groups is 1. The highest BCUT2D eigenvalue weighted by Crippen LogP contribution is 2.22. The summed E-state index contributed by atoms with van der Waals surface area (Å²) in [4.78, 5) is 23.8. The van der Waals surface area contributed by atoms with E-state index in [1.54, 1.807) is 61.5 Å². The molecule has 1 N–H and O–H groups in total. The largest absolute Gasteiger partial charge is 0.454 e. The summed E-state index contributed by atoms with van der Waals surface area (Å²) in [5.74, 6) is -1.51. The third-order valence-corrected chi connectivity index (χ3v) is 3.48. The third kappa shape index (κ3) is 4.02. The highest BCUT2D eigenvalue weighted by molar-refractivity contribution is 5.92. The van der Waals surface area contributed by atoms with Crippen LogP contribution in [0.3, 0.4) is 0 Å². The highest BCUT2D eigenvalue weighted by atomic mass is 16.5. The second kappa shape index (κ2) is 7.52. The van der Waals surface area contributed by atoms with Gasteiger partial charge in [0, 0.05) is 5.92 Å². The Hall–Kier alpha value is -2.46. The molecule has 0 aliphatic heterocycles. The number of ether oxygens (including phenoxy) is 1. The number of carbonyl (C=O) groups excluding carboxylic acids is 2. The van der Waals surface area contributed by atoms with E-state index in [4.69, 9.17) is 4.74 Å². The Bertz CT molecular complexity index is 622. The van der Waals surface area contributed by atoms with Crippen molar-refractivity contribution in [3.8, 4) is 0 Å². The van der Waals surface area contributed by atoms with Crippen LogP contribution >= 0.6 is 0 Å². The molecule has 2 aromatic carbocycles. The number of Topliss-reactive ketones (excluding diaryl/α,β-unsaturated/α-hetero) is 1. The lowest BCUT2D eigenvalue weighted by atomic mass is 9.94. The fourth-order valence-electron chi connectivity index (χ4n) is 2.04. The minimum absolute atomic E-state index is 0.319. The molecule has 0 bridgehead atoms. The van der Waals surface area contributed by atoms with Crippen molar-refractivity contribution in [2.24, 2.45) is 5.92 Å². The van der Waals surface area contributed by atoms with Crippen molar-refractivity contribution in [2.75, 3.05) is 6.61 Å². The minimum atomic E-state index is -0.913. The molecule has 0 amide bonds. The van der Waals surface area contributed by atoms with Gasteiger partial charge in [0.2, 0.25) is 0 Å². The SMILES string of the molecule is C[C@@H](C(=O)COC(=O)c1ccccc1)[C@@H](O)c1ccccc1. The van der Waals surface area contributed by atoms with E-state index in [-0.39, 0.29) is 12.4 Å². The Labute approximate surface area is 129 Å². The van der Waals surface area contributed by atoms with Crippen molar-refractivity contribution in [2.45, 2.75) is 13.0 Å². The summed E-state index contributed by atoms with van der Waals surface area (Å²) in [6, 6.07) is 17.4. The van der Waals surface area contributed by atoms with E-state index in [0.29, 0.717) is 11.1 Å². The van der Waals surface area contributed by atoms with Gasteiger partial charge in [-0.25, -0.2) is 4.79 Å². The van der Waals surface area contributed by atoms with Gasteiger partial charge in [-0.05, 0) is 17.7 Å². The van der Waals surface area contributed by atoms with Gasteiger partial charge in [-0.1, -0.05) is 55.5 Å². The van der Waals surface area contributed by atoms with Gasteiger partial charge in [-0.15, -0.1) is 0 Å². The van der Waals surface area contributed by atoms with E-state index in [9.17, 15) is 14.7 Å². The number of aliphatic hydroxyl groups excluding tert-OH is 1. The van der Waals surface area contributed by atoms with Crippen molar-refractivity contribution in [1.82, 2.24) is 0 Å². The average molecular weight is 298 g/mol. The molecule has 0 spiro atoms. The van der Waals surface area contributed by atoms with Crippen LogP contribution in [0.25, 0.3) is 0 Å². The van der Waals surface area contributed by atoms with Crippen LogP contribution in [0.1, 0.15) is 28.9 Å². The normalized spacial score (nSPS) is 13.2. The lowest BCUT2D eigenvalue weighted by molar-refractivity contribution is -0.129. The zero-order valence-electron chi connectivity index (χ0n) is 12.3. The van der Waals surface area contributed by atoms with Gasteiger partial charge in [0.25, 0.3) is 0 Å². The molecule has 0 radical (unpaired) electrons. The summed E-state index contributed by atoms with van der Waals surface area (Å²) in [6.07, 6.45) is -0.913. The molecular formula is C18H18O4. The monoisotopic (exact) mass is 298 g/mol. The fraction of sp³-hybridized carbons (Fsp3) is 0.222. The molecule has 2 atom stereocenters. The van der Waals surface area contributed by atoms with Crippen LogP contribution in [0.4, 0.5) is 0 Å². The van der Waals surface area contributed by atoms with Gasteiger partial charge < -0.3 is 9.84 Å². The molecule has 0 unspecified atom stereocenters. The zero-order valence-corrected chi connectivity index (χ0v) is 12.3. The predicted octanol–water partition coefficient (Wildman–Crippen LogP) is 2.78. The second-order valence-electron chi connectivity index (χ2n) is 5.05. The van der Waals surface area contributed by atoms with Gasteiger partial charge in [0.05, 0.1) is 11.7 Å².